The lowest BCUT2D eigenvalue weighted by molar-refractivity contribution is -0.384. The molecule has 0 aliphatic rings. The van der Waals surface area contributed by atoms with E-state index in [0.717, 1.165) is 14.5 Å². The second kappa shape index (κ2) is 6.88. The van der Waals surface area contributed by atoms with Gasteiger partial charge in [0.05, 0.1) is 13.9 Å². The molecule has 0 unspecified atom stereocenters. The Kier molecular flexibility index (Phi) is 5.16. The molecule has 3 N–H and O–H groups in total. The number of anilines is 1. The maximum Gasteiger partial charge on any atom is 0.293 e. The van der Waals surface area contributed by atoms with Crippen LogP contribution in [0.5, 0.6) is 5.75 Å². The Bertz CT molecular complexity index is 659. The molecule has 0 bridgehead atoms. The molecule has 2 aromatic rings. The highest BCUT2D eigenvalue weighted by molar-refractivity contribution is 9.11. The number of rotatable bonds is 5. The summed E-state index contributed by atoms with van der Waals surface area (Å²) in [5.41, 5.74) is 3.25. The standard InChI is InChI=1S/C13H11Br2N3O3/c14-9-2-1-3-10(15)13(9)21-7-8-4-5-12(18(19)20)11(6-8)17-16/h1-6,17H,7,16H2. The summed E-state index contributed by atoms with van der Waals surface area (Å²) in [6.07, 6.45) is 0. The van der Waals surface area contributed by atoms with E-state index < -0.39 is 4.92 Å². The van der Waals surface area contributed by atoms with E-state index in [1.165, 1.54) is 6.07 Å². The van der Waals surface area contributed by atoms with Gasteiger partial charge in [-0.3, -0.25) is 16.0 Å². The molecule has 110 valence electrons. The fourth-order valence-corrected chi connectivity index (χ4v) is 2.95. The van der Waals surface area contributed by atoms with Crippen molar-refractivity contribution in [3.63, 3.8) is 0 Å². The summed E-state index contributed by atoms with van der Waals surface area (Å²) in [7, 11) is 0. The topological polar surface area (TPSA) is 90.4 Å². The second-order valence-corrected chi connectivity index (χ2v) is 5.80. The van der Waals surface area contributed by atoms with Crippen molar-refractivity contribution in [1.82, 2.24) is 0 Å². The molecular formula is C13H11Br2N3O3. The SMILES string of the molecule is NNc1cc(COc2c(Br)cccc2Br)ccc1[N+](=O)[O-]. The van der Waals surface area contributed by atoms with Crippen LogP contribution in [-0.4, -0.2) is 4.92 Å². The molecule has 2 rings (SSSR count). The van der Waals surface area contributed by atoms with Crippen molar-refractivity contribution in [1.29, 1.82) is 0 Å². The fourth-order valence-electron chi connectivity index (χ4n) is 1.72. The molecule has 0 saturated carbocycles. The first-order chi connectivity index (χ1) is 10.0. The number of nitrogens with zero attached hydrogens (tertiary/aromatic N) is 1. The molecule has 8 heteroatoms. The van der Waals surface area contributed by atoms with Crippen LogP contribution in [0.2, 0.25) is 0 Å². The molecule has 6 nitrogen and oxygen atoms in total. The van der Waals surface area contributed by atoms with E-state index in [1.807, 2.05) is 18.2 Å². The highest BCUT2D eigenvalue weighted by atomic mass is 79.9. The number of nitro groups is 1. The second-order valence-electron chi connectivity index (χ2n) is 4.09. The van der Waals surface area contributed by atoms with E-state index in [9.17, 15) is 10.1 Å². The molecule has 21 heavy (non-hydrogen) atoms. The Morgan fingerprint density at radius 3 is 2.48 bits per heavy atom. The summed E-state index contributed by atoms with van der Waals surface area (Å²) in [6.45, 7) is 0.258. The number of nitrogens with two attached hydrogens (primary N) is 1. The van der Waals surface area contributed by atoms with E-state index in [0.29, 0.717) is 5.75 Å². The smallest absolute Gasteiger partial charge is 0.293 e. The van der Waals surface area contributed by atoms with Gasteiger partial charge in [0, 0.05) is 6.07 Å². The van der Waals surface area contributed by atoms with Gasteiger partial charge in [-0.25, -0.2) is 0 Å². The lowest BCUT2D eigenvalue weighted by Crippen LogP contribution is -2.10. The third-order valence-corrected chi connectivity index (χ3v) is 3.96. The van der Waals surface area contributed by atoms with Crippen molar-refractivity contribution in [2.75, 3.05) is 5.43 Å². The Balaban J connectivity index is 2.19. The van der Waals surface area contributed by atoms with Gasteiger partial charge in [-0.1, -0.05) is 6.07 Å². The van der Waals surface area contributed by atoms with Gasteiger partial charge < -0.3 is 10.2 Å². The van der Waals surface area contributed by atoms with Crippen molar-refractivity contribution in [2.24, 2.45) is 5.84 Å². The van der Waals surface area contributed by atoms with Crippen LogP contribution in [0, 0.1) is 10.1 Å². The summed E-state index contributed by atoms with van der Waals surface area (Å²) in [4.78, 5) is 10.3. The van der Waals surface area contributed by atoms with Gasteiger partial charge in [-0.15, -0.1) is 0 Å². The van der Waals surface area contributed by atoms with Gasteiger partial charge in [-0.05, 0) is 61.7 Å². The molecule has 0 saturated heterocycles. The van der Waals surface area contributed by atoms with Crippen LogP contribution in [0.3, 0.4) is 0 Å². The van der Waals surface area contributed by atoms with Crippen LogP contribution in [0.25, 0.3) is 0 Å². The highest BCUT2D eigenvalue weighted by Gasteiger charge is 2.14. The molecule has 0 spiro atoms. The van der Waals surface area contributed by atoms with Crippen molar-refractivity contribution >= 4 is 43.2 Å². The summed E-state index contributed by atoms with van der Waals surface area (Å²) in [5, 5.41) is 10.8. The average Bonchev–Trinajstić information content (AvgIpc) is 2.46. The third kappa shape index (κ3) is 3.72. The molecule has 0 amide bonds. The monoisotopic (exact) mass is 415 g/mol. The largest absolute Gasteiger partial charge is 0.487 e. The zero-order chi connectivity index (χ0) is 15.4. The van der Waals surface area contributed by atoms with Crippen molar-refractivity contribution in [3.05, 3.63) is 61.0 Å². The van der Waals surface area contributed by atoms with Crippen LogP contribution in [0.15, 0.2) is 45.3 Å². The van der Waals surface area contributed by atoms with Gasteiger partial charge in [0.15, 0.2) is 0 Å². The minimum Gasteiger partial charge on any atom is -0.487 e. The first kappa shape index (κ1) is 15.7. The van der Waals surface area contributed by atoms with E-state index in [2.05, 4.69) is 37.3 Å². The number of nitro benzene ring substituents is 1. The molecule has 0 aliphatic carbocycles. The van der Waals surface area contributed by atoms with E-state index in [4.69, 9.17) is 10.6 Å². The number of benzene rings is 2. The molecular weight excluding hydrogens is 406 g/mol. The molecule has 2 aromatic carbocycles. The zero-order valence-corrected chi connectivity index (χ0v) is 13.8. The minimum atomic E-state index is -0.496. The van der Waals surface area contributed by atoms with Crippen molar-refractivity contribution in [3.8, 4) is 5.75 Å². The Morgan fingerprint density at radius 1 is 1.24 bits per heavy atom. The maximum absolute atomic E-state index is 10.8. The summed E-state index contributed by atoms with van der Waals surface area (Å²) in [6, 6.07) is 10.2. The number of halogens is 2. The summed E-state index contributed by atoms with van der Waals surface area (Å²) in [5.74, 6) is 5.97. The minimum absolute atomic E-state index is 0.0803. The van der Waals surface area contributed by atoms with Crippen molar-refractivity contribution < 1.29 is 9.66 Å². The number of hydrogen-bond acceptors (Lipinski definition) is 5. The number of para-hydroxylation sites is 1. The lowest BCUT2D eigenvalue weighted by atomic mass is 10.2. The van der Waals surface area contributed by atoms with Crippen LogP contribution in [0.4, 0.5) is 11.4 Å². The number of hydrogen-bond donors (Lipinski definition) is 2. The normalized spacial score (nSPS) is 10.2. The summed E-state index contributed by atoms with van der Waals surface area (Å²) < 4.78 is 7.35. The third-order valence-electron chi connectivity index (χ3n) is 2.72. The molecule has 0 fully saturated rings. The number of nitrogen functional groups attached to an aromatic ring is 1. The van der Waals surface area contributed by atoms with Gasteiger partial charge >= 0.3 is 0 Å². The Labute approximate surface area is 137 Å². The predicted octanol–water partition coefficient (Wildman–Crippen LogP) is 3.98. The van der Waals surface area contributed by atoms with Crippen LogP contribution in [0.1, 0.15) is 5.56 Å². The quantitative estimate of drug-likeness (QED) is 0.437. The Morgan fingerprint density at radius 2 is 1.90 bits per heavy atom. The fraction of sp³-hybridized carbons (Fsp3) is 0.0769. The molecule has 0 aromatic heterocycles. The maximum atomic E-state index is 10.8. The van der Waals surface area contributed by atoms with Gasteiger partial charge in [0.25, 0.3) is 5.69 Å². The van der Waals surface area contributed by atoms with Crippen LogP contribution >= 0.6 is 31.9 Å². The zero-order valence-electron chi connectivity index (χ0n) is 10.7. The average molecular weight is 417 g/mol. The van der Waals surface area contributed by atoms with Gasteiger partial charge in [0.2, 0.25) is 0 Å². The van der Waals surface area contributed by atoms with E-state index >= 15 is 0 Å². The molecule has 0 heterocycles. The first-order valence-electron chi connectivity index (χ1n) is 5.83. The first-order valence-corrected chi connectivity index (χ1v) is 7.42. The van der Waals surface area contributed by atoms with Gasteiger partial charge in [-0.2, -0.15) is 0 Å². The Hall–Kier alpha value is -1.64. The van der Waals surface area contributed by atoms with Gasteiger partial charge in [0.1, 0.15) is 18.0 Å². The van der Waals surface area contributed by atoms with Crippen LogP contribution < -0.4 is 16.0 Å². The van der Waals surface area contributed by atoms with Crippen LogP contribution in [-0.2, 0) is 6.61 Å². The van der Waals surface area contributed by atoms with Crippen molar-refractivity contribution in [2.45, 2.75) is 6.61 Å². The highest BCUT2D eigenvalue weighted by Crippen LogP contribution is 2.34. The molecule has 0 atom stereocenters. The summed E-state index contributed by atoms with van der Waals surface area (Å²) >= 11 is 6.81. The number of hydrazine groups is 1. The predicted molar refractivity (Wildman–Crippen MR) is 87.1 cm³/mol. The number of nitrogens with one attached hydrogen (secondary N) is 1. The van der Waals surface area contributed by atoms with E-state index in [-0.39, 0.29) is 18.0 Å². The number of ether oxygens (including phenoxy) is 1. The van der Waals surface area contributed by atoms with E-state index in [1.54, 1.807) is 12.1 Å². The lowest BCUT2D eigenvalue weighted by Gasteiger charge is -2.11. The molecule has 0 radical (unpaired) electrons. The molecule has 0 aliphatic heterocycles.